The Bertz CT molecular complexity index is 907. The molecule has 0 aliphatic heterocycles. The van der Waals surface area contributed by atoms with Crippen molar-refractivity contribution in [2.75, 3.05) is 0 Å². The van der Waals surface area contributed by atoms with Gasteiger partial charge in [0.2, 0.25) is 10.0 Å². The minimum absolute atomic E-state index is 0.00436. The molecule has 2 N–H and O–H groups in total. The Morgan fingerprint density at radius 2 is 2.08 bits per heavy atom. The molecule has 7 heteroatoms. The van der Waals surface area contributed by atoms with Gasteiger partial charge in [0, 0.05) is 6.20 Å². The SMILES string of the molecule is Cc1ccnc(CNS(=O)(=O)c2cc(C(=O)O)cc3c2CCC3)c1. The Kier molecular flexibility index (Phi) is 4.38. The molecular formula is C17H18N2O4S. The van der Waals surface area contributed by atoms with Crippen LogP contribution in [-0.2, 0) is 29.4 Å². The summed E-state index contributed by atoms with van der Waals surface area (Å²) < 4.78 is 27.9. The number of hydrogen-bond donors (Lipinski definition) is 2. The van der Waals surface area contributed by atoms with Crippen molar-refractivity contribution in [3.63, 3.8) is 0 Å². The molecule has 0 spiro atoms. The van der Waals surface area contributed by atoms with Gasteiger partial charge in [0.25, 0.3) is 0 Å². The van der Waals surface area contributed by atoms with E-state index in [4.69, 9.17) is 0 Å². The fourth-order valence-electron chi connectivity index (χ4n) is 2.97. The quantitative estimate of drug-likeness (QED) is 0.864. The van der Waals surface area contributed by atoms with E-state index in [9.17, 15) is 18.3 Å². The van der Waals surface area contributed by atoms with Crippen molar-refractivity contribution in [1.82, 2.24) is 9.71 Å². The first-order valence-electron chi connectivity index (χ1n) is 7.67. The molecule has 1 heterocycles. The van der Waals surface area contributed by atoms with E-state index in [0.717, 1.165) is 23.1 Å². The molecule has 0 radical (unpaired) electrons. The largest absolute Gasteiger partial charge is 0.478 e. The van der Waals surface area contributed by atoms with E-state index < -0.39 is 16.0 Å². The van der Waals surface area contributed by atoms with Crippen LogP contribution in [-0.4, -0.2) is 24.5 Å². The molecule has 126 valence electrons. The van der Waals surface area contributed by atoms with Crippen LogP contribution in [0.4, 0.5) is 0 Å². The zero-order valence-electron chi connectivity index (χ0n) is 13.2. The predicted molar refractivity (Wildman–Crippen MR) is 88.4 cm³/mol. The predicted octanol–water partition coefficient (Wildman–Crippen LogP) is 2.06. The van der Waals surface area contributed by atoms with Gasteiger partial charge in [0.05, 0.1) is 22.7 Å². The lowest BCUT2D eigenvalue weighted by atomic mass is 10.1. The Balaban J connectivity index is 1.93. The molecule has 24 heavy (non-hydrogen) atoms. The Morgan fingerprint density at radius 3 is 2.79 bits per heavy atom. The molecule has 0 bridgehead atoms. The molecule has 0 fully saturated rings. The minimum Gasteiger partial charge on any atom is -0.478 e. The molecule has 1 aliphatic carbocycles. The summed E-state index contributed by atoms with van der Waals surface area (Å²) >= 11 is 0. The van der Waals surface area contributed by atoms with Gasteiger partial charge < -0.3 is 5.11 Å². The van der Waals surface area contributed by atoms with Crippen LogP contribution >= 0.6 is 0 Å². The highest BCUT2D eigenvalue weighted by atomic mass is 32.2. The number of fused-ring (bicyclic) bond motifs is 1. The zero-order valence-corrected chi connectivity index (χ0v) is 14.1. The van der Waals surface area contributed by atoms with Crippen molar-refractivity contribution in [2.45, 2.75) is 37.6 Å². The van der Waals surface area contributed by atoms with E-state index in [-0.39, 0.29) is 17.0 Å². The van der Waals surface area contributed by atoms with Crippen LogP contribution in [0.2, 0.25) is 0 Å². The van der Waals surface area contributed by atoms with Gasteiger partial charge in [-0.05, 0) is 67.1 Å². The first-order chi connectivity index (χ1) is 11.4. The van der Waals surface area contributed by atoms with Crippen LogP contribution < -0.4 is 4.72 Å². The van der Waals surface area contributed by atoms with Crippen molar-refractivity contribution in [3.8, 4) is 0 Å². The van der Waals surface area contributed by atoms with Crippen LogP contribution in [0.1, 0.15) is 39.2 Å². The highest BCUT2D eigenvalue weighted by molar-refractivity contribution is 7.89. The standard InChI is InChI=1S/C17H18N2O4S/c1-11-5-6-18-14(7-11)10-19-24(22,23)16-9-13(17(20)21)8-12-3-2-4-15(12)16/h5-9,19H,2-4,10H2,1H3,(H,20,21). The summed E-state index contributed by atoms with van der Waals surface area (Å²) in [5.41, 5.74) is 3.15. The van der Waals surface area contributed by atoms with Crippen molar-refractivity contribution in [1.29, 1.82) is 0 Å². The van der Waals surface area contributed by atoms with Gasteiger partial charge in [0.15, 0.2) is 0 Å². The maximum atomic E-state index is 12.7. The van der Waals surface area contributed by atoms with Gasteiger partial charge in [-0.15, -0.1) is 0 Å². The summed E-state index contributed by atoms with van der Waals surface area (Å²) in [6.45, 7) is 1.97. The number of sulfonamides is 1. The maximum Gasteiger partial charge on any atom is 0.335 e. The smallest absolute Gasteiger partial charge is 0.335 e. The summed E-state index contributed by atoms with van der Waals surface area (Å²) in [7, 11) is -3.81. The molecule has 1 aromatic heterocycles. The summed E-state index contributed by atoms with van der Waals surface area (Å²) in [4.78, 5) is 15.5. The van der Waals surface area contributed by atoms with Crippen molar-refractivity contribution < 1.29 is 18.3 Å². The Morgan fingerprint density at radius 1 is 1.29 bits per heavy atom. The molecule has 0 amide bonds. The second kappa shape index (κ2) is 6.33. The lowest BCUT2D eigenvalue weighted by molar-refractivity contribution is 0.0696. The van der Waals surface area contributed by atoms with Gasteiger partial charge in [0.1, 0.15) is 0 Å². The molecular weight excluding hydrogens is 328 g/mol. The van der Waals surface area contributed by atoms with Gasteiger partial charge in [-0.3, -0.25) is 4.98 Å². The molecule has 0 saturated heterocycles. The molecule has 1 aliphatic rings. The second-order valence-corrected chi connectivity index (χ2v) is 7.66. The first-order valence-corrected chi connectivity index (χ1v) is 9.15. The zero-order chi connectivity index (χ0) is 17.3. The molecule has 0 atom stereocenters. The number of pyridine rings is 1. The van der Waals surface area contributed by atoms with Crippen molar-refractivity contribution >= 4 is 16.0 Å². The third-order valence-corrected chi connectivity index (χ3v) is 5.59. The number of benzene rings is 1. The molecule has 0 saturated carbocycles. The molecule has 1 aromatic carbocycles. The monoisotopic (exact) mass is 346 g/mol. The molecule has 6 nitrogen and oxygen atoms in total. The average molecular weight is 346 g/mol. The fraction of sp³-hybridized carbons (Fsp3) is 0.294. The lowest BCUT2D eigenvalue weighted by Crippen LogP contribution is -2.25. The van der Waals surface area contributed by atoms with Gasteiger partial charge in [-0.25, -0.2) is 17.9 Å². The fourth-order valence-corrected chi connectivity index (χ4v) is 4.30. The number of aromatic carboxylic acids is 1. The number of nitrogens with one attached hydrogen (secondary N) is 1. The normalized spacial score (nSPS) is 13.7. The van der Waals surface area contributed by atoms with E-state index in [1.807, 2.05) is 13.0 Å². The average Bonchev–Trinajstić information content (AvgIpc) is 3.00. The van der Waals surface area contributed by atoms with Crippen LogP contribution in [0.15, 0.2) is 35.4 Å². The van der Waals surface area contributed by atoms with E-state index in [2.05, 4.69) is 9.71 Å². The number of carbonyl (C=O) groups is 1. The number of aromatic nitrogens is 1. The highest BCUT2D eigenvalue weighted by Crippen LogP contribution is 2.30. The minimum atomic E-state index is -3.81. The van der Waals surface area contributed by atoms with E-state index in [1.54, 1.807) is 18.3 Å². The Hall–Kier alpha value is -2.25. The number of nitrogens with zero attached hydrogens (tertiary/aromatic N) is 1. The molecule has 3 rings (SSSR count). The summed E-state index contributed by atoms with van der Waals surface area (Å²) in [5, 5.41) is 9.22. The van der Waals surface area contributed by atoms with E-state index in [1.165, 1.54) is 6.07 Å². The number of carboxylic acid groups (broad SMARTS) is 1. The first kappa shape index (κ1) is 16.6. The van der Waals surface area contributed by atoms with Crippen molar-refractivity contribution in [2.24, 2.45) is 0 Å². The second-order valence-electron chi connectivity index (χ2n) is 5.92. The van der Waals surface area contributed by atoms with Crippen LogP contribution in [0.3, 0.4) is 0 Å². The molecule has 2 aromatic rings. The third kappa shape index (κ3) is 3.32. The summed E-state index contributed by atoms with van der Waals surface area (Å²) in [6, 6.07) is 6.46. The van der Waals surface area contributed by atoms with E-state index in [0.29, 0.717) is 18.5 Å². The third-order valence-electron chi connectivity index (χ3n) is 4.13. The highest BCUT2D eigenvalue weighted by Gasteiger charge is 2.26. The number of carboxylic acids is 1. The number of rotatable bonds is 5. The van der Waals surface area contributed by atoms with Crippen LogP contribution in [0, 0.1) is 6.92 Å². The van der Waals surface area contributed by atoms with Gasteiger partial charge in [-0.1, -0.05) is 0 Å². The Labute approximate surface area is 140 Å². The topological polar surface area (TPSA) is 96.4 Å². The van der Waals surface area contributed by atoms with Crippen LogP contribution in [0.25, 0.3) is 0 Å². The summed E-state index contributed by atoms with van der Waals surface area (Å²) in [6.07, 6.45) is 3.81. The van der Waals surface area contributed by atoms with E-state index >= 15 is 0 Å². The van der Waals surface area contributed by atoms with Gasteiger partial charge >= 0.3 is 5.97 Å². The molecule has 0 unspecified atom stereocenters. The van der Waals surface area contributed by atoms with Crippen molar-refractivity contribution in [3.05, 3.63) is 58.4 Å². The summed E-state index contributed by atoms with van der Waals surface area (Å²) in [5.74, 6) is -1.12. The van der Waals surface area contributed by atoms with Crippen LogP contribution in [0.5, 0.6) is 0 Å². The number of hydrogen-bond acceptors (Lipinski definition) is 4. The maximum absolute atomic E-state index is 12.7. The number of aryl methyl sites for hydroxylation is 2. The lowest BCUT2D eigenvalue weighted by Gasteiger charge is -2.12. The van der Waals surface area contributed by atoms with Gasteiger partial charge in [-0.2, -0.15) is 0 Å².